The first-order valence-electron chi connectivity index (χ1n) is 8.54. The Kier molecular flexibility index (Phi) is 6.63. The zero-order valence-corrected chi connectivity index (χ0v) is 18.2. The van der Waals surface area contributed by atoms with Crippen molar-refractivity contribution in [3.63, 3.8) is 0 Å². The van der Waals surface area contributed by atoms with Crippen molar-refractivity contribution in [1.29, 1.82) is 0 Å². The van der Waals surface area contributed by atoms with Crippen molar-refractivity contribution in [1.82, 2.24) is 5.32 Å². The summed E-state index contributed by atoms with van der Waals surface area (Å²) < 4.78 is 15.8. The summed E-state index contributed by atoms with van der Waals surface area (Å²) in [6.45, 7) is -0.289. The smallest absolute Gasteiger partial charge is 0.343 e. The average molecular weight is 496 g/mol. The summed E-state index contributed by atoms with van der Waals surface area (Å²) in [6, 6.07) is 9.03. The van der Waals surface area contributed by atoms with Crippen molar-refractivity contribution < 1.29 is 28.6 Å². The number of esters is 1. The van der Waals surface area contributed by atoms with Gasteiger partial charge in [-0.1, -0.05) is 33.6 Å². The Morgan fingerprint density at radius 1 is 1.20 bits per heavy atom. The monoisotopic (exact) mass is 494 g/mol. The van der Waals surface area contributed by atoms with E-state index < -0.39 is 17.9 Å². The molecule has 0 aromatic heterocycles. The van der Waals surface area contributed by atoms with Gasteiger partial charge in [0.1, 0.15) is 5.70 Å². The number of methoxy groups -OCH3 is 2. The number of hydrogen-bond acceptors (Lipinski definition) is 6. The minimum Gasteiger partial charge on any atom is -0.493 e. The zero-order chi connectivity index (χ0) is 21.8. The van der Waals surface area contributed by atoms with E-state index in [-0.39, 0.29) is 12.3 Å². The maximum atomic E-state index is 12.8. The van der Waals surface area contributed by atoms with E-state index in [1.54, 1.807) is 30.3 Å². The van der Waals surface area contributed by atoms with E-state index in [0.29, 0.717) is 32.2 Å². The van der Waals surface area contributed by atoms with Gasteiger partial charge in [-0.3, -0.25) is 4.79 Å². The van der Waals surface area contributed by atoms with Crippen molar-refractivity contribution in [3.8, 4) is 11.5 Å². The third kappa shape index (κ3) is 4.58. The number of carbonyl (C=O) groups excluding carboxylic acids is 3. The lowest BCUT2D eigenvalue weighted by molar-refractivity contribution is -0.142. The highest BCUT2D eigenvalue weighted by atomic mass is 79.9. The summed E-state index contributed by atoms with van der Waals surface area (Å²) >= 11 is 9.36. The molecule has 156 valence electrons. The number of nitrogens with one attached hydrogen (secondary N) is 1. The molecule has 0 radical (unpaired) electrons. The summed E-state index contributed by atoms with van der Waals surface area (Å²) in [4.78, 5) is 37.4. The van der Waals surface area contributed by atoms with Crippen molar-refractivity contribution in [2.24, 2.45) is 0 Å². The second-order valence-electron chi connectivity index (χ2n) is 6.00. The molecular weight excluding hydrogens is 480 g/mol. The number of carbonyl (C=O) groups is 3. The summed E-state index contributed by atoms with van der Waals surface area (Å²) in [5.74, 6) is -0.435. The van der Waals surface area contributed by atoms with E-state index in [2.05, 4.69) is 26.0 Å². The molecule has 2 aromatic rings. The molecular formula is C20H16BrClN2O6. The molecule has 30 heavy (non-hydrogen) atoms. The number of halogens is 2. The van der Waals surface area contributed by atoms with Crippen molar-refractivity contribution in [2.45, 2.75) is 0 Å². The first kappa shape index (κ1) is 21.7. The van der Waals surface area contributed by atoms with Crippen molar-refractivity contribution >= 4 is 57.2 Å². The van der Waals surface area contributed by atoms with E-state index in [9.17, 15) is 14.4 Å². The molecule has 1 saturated heterocycles. The van der Waals surface area contributed by atoms with Crippen LogP contribution in [-0.2, 0) is 14.3 Å². The van der Waals surface area contributed by atoms with Gasteiger partial charge in [0.25, 0.3) is 5.91 Å². The Balaban J connectivity index is 1.90. The normalized spacial score (nSPS) is 14.7. The maximum absolute atomic E-state index is 12.8. The molecule has 0 atom stereocenters. The van der Waals surface area contributed by atoms with Gasteiger partial charge in [0.15, 0.2) is 18.1 Å². The van der Waals surface area contributed by atoms with Crippen LogP contribution in [0.25, 0.3) is 6.08 Å². The first-order valence-corrected chi connectivity index (χ1v) is 9.71. The fourth-order valence-electron chi connectivity index (χ4n) is 2.67. The number of benzene rings is 2. The highest BCUT2D eigenvalue weighted by molar-refractivity contribution is 9.10. The van der Waals surface area contributed by atoms with Crippen LogP contribution in [0.3, 0.4) is 0 Å². The average Bonchev–Trinajstić information content (AvgIpc) is 3.00. The van der Waals surface area contributed by atoms with Gasteiger partial charge in [0, 0.05) is 9.50 Å². The van der Waals surface area contributed by atoms with E-state index in [1.807, 2.05) is 0 Å². The molecule has 2 aromatic carbocycles. The summed E-state index contributed by atoms with van der Waals surface area (Å²) in [6.07, 6.45) is 1.50. The fourth-order valence-corrected chi connectivity index (χ4v) is 3.29. The Labute approximate surface area is 185 Å². The van der Waals surface area contributed by atoms with E-state index in [0.717, 1.165) is 4.90 Å². The summed E-state index contributed by atoms with van der Waals surface area (Å²) in [7, 11) is 2.70. The second-order valence-corrected chi connectivity index (χ2v) is 7.29. The van der Waals surface area contributed by atoms with Gasteiger partial charge in [-0.15, -0.1) is 0 Å². The minimum atomic E-state index is -0.588. The SMILES string of the molecule is COC(=O)COc1cc(Br)c(/C=C2\NC(=O)N(c3cccc(Cl)c3)C2=O)cc1OC. The molecule has 0 spiro atoms. The fraction of sp³-hybridized carbons (Fsp3) is 0.150. The summed E-state index contributed by atoms with van der Waals surface area (Å²) in [5.41, 5.74) is 0.983. The lowest BCUT2D eigenvalue weighted by Crippen LogP contribution is -2.30. The highest BCUT2D eigenvalue weighted by Gasteiger charge is 2.35. The Hall–Kier alpha value is -3.04. The summed E-state index contributed by atoms with van der Waals surface area (Å²) in [5, 5.41) is 2.95. The molecule has 3 amide bonds. The standard InChI is InChI=1S/C20H16BrClN2O6/c1-28-16-7-11(14(21)9-17(16)30-10-18(25)29-2)6-15-19(26)24(20(27)23-15)13-5-3-4-12(22)8-13/h3-9H,10H2,1-2H3,(H,23,27)/b15-6-. The van der Waals surface area contributed by atoms with E-state index in [1.165, 1.54) is 26.4 Å². The van der Waals surface area contributed by atoms with Crippen molar-refractivity contribution in [2.75, 3.05) is 25.7 Å². The lowest BCUT2D eigenvalue weighted by Gasteiger charge is -2.12. The van der Waals surface area contributed by atoms with Gasteiger partial charge in [-0.25, -0.2) is 14.5 Å². The quantitative estimate of drug-likeness (QED) is 0.373. The molecule has 1 aliphatic heterocycles. The molecule has 0 unspecified atom stereocenters. The van der Waals surface area contributed by atoms with E-state index in [4.69, 9.17) is 21.1 Å². The van der Waals surface area contributed by atoms with Crippen LogP contribution in [0.4, 0.5) is 10.5 Å². The topological polar surface area (TPSA) is 94.2 Å². The van der Waals surface area contributed by atoms with Crippen LogP contribution in [-0.4, -0.2) is 38.7 Å². The number of urea groups is 1. The van der Waals surface area contributed by atoms with Gasteiger partial charge in [-0.2, -0.15) is 0 Å². The molecule has 1 aliphatic rings. The van der Waals surface area contributed by atoms with Crippen LogP contribution in [0.1, 0.15) is 5.56 Å². The first-order chi connectivity index (χ1) is 14.3. The molecule has 10 heteroatoms. The number of nitrogens with zero attached hydrogens (tertiary/aromatic N) is 1. The molecule has 1 N–H and O–H groups in total. The maximum Gasteiger partial charge on any atom is 0.343 e. The van der Waals surface area contributed by atoms with Crippen LogP contribution in [0, 0.1) is 0 Å². The Morgan fingerprint density at radius 2 is 1.97 bits per heavy atom. The van der Waals surface area contributed by atoms with Crippen LogP contribution in [0.5, 0.6) is 11.5 Å². The molecule has 0 bridgehead atoms. The predicted molar refractivity (Wildman–Crippen MR) is 114 cm³/mol. The number of rotatable bonds is 6. The van der Waals surface area contributed by atoms with Crippen LogP contribution < -0.4 is 19.7 Å². The molecule has 1 heterocycles. The molecule has 0 aliphatic carbocycles. The predicted octanol–water partition coefficient (Wildman–Crippen LogP) is 3.76. The van der Waals surface area contributed by atoms with Crippen LogP contribution in [0.2, 0.25) is 5.02 Å². The van der Waals surface area contributed by atoms with Crippen molar-refractivity contribution in [3.05, 3.63) is 57.2 Å². The van der Waals surface area contributed by atoms with Gasteiger partial charge in [-0.05, 0) is 42.0 Å². The van der Waals surface area contributed by atoms with Crippen LogP contribution >= 0.6 is 27.5 Å². The molecule has 1 fully saturated rings. The zero-order valence-electron chi connectivity index (χ0n) is 15.9. The third-order valence-corrected chi connectivity index (χ3v) is 5.02. The molecule has 8 nitrogen and oxygen atoms in total. The molecule has 0 saturated carbocycles. The number of imide groups is 1. The highest BCUT2D eigenvalue weighted by Crippen LogP contribution is 2.35. The molecule has 3 rings (SSSR count). The Bertz CT molecular complexity index is 1060. The van der Waals surface area contributed by atoms with Crippen LogP contribution in [0.15, 0.2) is 46.6 Å². The number of ether oxygens (including phenoxy) is 3. The largest absolute Gasteiger partial charge is 0.493 e. The van der Waals surface area contributed by atoms with Gasteiger partial charge in [0.2, 0.25) is 0 Å². The second kappa shape index (κ2) is 9.19. The number of anilines is 1. The Morgan fingerprint density at radius 3 is 2.63 bits per heavy atom. The van der Waals surface area contributed by atoms with Gasteiger partial charge >= 0.3 is 12.0 Å². The van der Waals surface area contributed by atoms with Gasteiger partial charge in [0.05, 0.1) is 19.9 Å². The number of amides is 3. The third-order valence-electron chi connectivity index (χ3n) is 4.10. The van der Waals surface area contributed by atoms with E-state index >= 15 is 0 Å². The minimum absolute atomic E-state index is 0.0750. The lowest BCUT2D eigenvalue weighted by atomic mass is 10.1. The van der Waals surface area contributed by atoms with Gasteiger partial charge < -0.3 is 19.5 Å². The number of hydrogen-bond donors (Lipinski definition) is 1.